The van der Waals surface area contributed by atoms with Gasteiger partial charge in [0.2, 0.25) is 5.91 Å². The number of amides is 2. The Balaban J connectivity index is 1.87. The van der Waals surface area contributed by atoms with Gasteiger partial charge in [-0.15, -0.1) is 11.3 Å². The zero-order valence-electron chi connectivity index (χ0n) is 15.8. The molecule has 3 rings (SSSR count). The number of anilines is 2. The minimum absolute atomic E-state index is 0.116. The molecule has 0 aliphatic heterocycles. The van der Waals surface area contributed by atoms with Crippen LogP contribution in [0.4, 0.5) is 10.7 Å². The third-order valence-corrected chi connectivity index (χ3v) is 6.19. The second-order valence-electron chi connectivity index (χ2n) is 6.99. The van der Waals surface area contributed by atoms with Crippen LogP contribution >= 0.6 is 11.3 Å². The molecule has 0 fully saturated rings. The van der Waals surface area contributed by atoms with Gasteiger partial charge in [0.05, 0.1) is 12.0 Å². The van der Waals surface area contributed by atoms with Crippen molar-refractivity contribution < 1.29 is 19.5 Å². The Labute approximate surface area is 168 Å². The van der Waals surface area contributed by atoms with Crippen LogP contribution in [-0.2, 0) is 22.4 Å². The molecule has 1 aromatic heterocycles. The summed E-state index contributed by atoms with van der Waals surface area (Å²) in [5, 5.41) is 15.0. The third kappa shape index (κ3) is 4.78. The van der Waals surface area contributed by atoms with E-state index in [9.17, 15) is 14.4 Å². The number of carbonyl (C=O) groups is 3. The average Bonchev–Trinajstić information content (AvgIpc) is 3.03. The summed E-state index contributed by atoms with van der Waals surface area (Å²) >= 11 is 1.44. The van der Waals surface area contributed by atoms with Crippen molar-refractivity contribution in [3.05, 3.63) is 46.3 Å². The maximum Gasteiger partial charge on any atom is 0.303 e. The molecular weight excluding hydrogens is 376 g/mol. The van der Waals surface area contributed by atoms with Crippen LogP contribution in [0.25, 0.3) is 0 Å². The molecule has 148 valence electrons. The van der Waals surface area contributed by atoms with Crippen LogP contribution in [0.5, 0.6) is 0 Å². The second-order valence-corrected chi connectivity index (χ2v) is 8.09. The minimum Gasteiger partial charge on any atom is -0.481 e. The number of benzene rings is 1. The molecule has 1 aromatic carbocycles. The number of carboxylic acid groups (broad SMARTS) is 1. The molecule has 3 N–H and O–H groups in total. The number of thiophene rings is 1. The molecule has 1 aliphatic carbocycles. The number of rotatable bonds is 7. The highest BCUT2D eigenvalue weighted by Crippen LogP contribution is 2.40. The molecule has 1 aliphatic rings. The summed E-state index contributed by atoms with van der Waals surface area (Å²) in [6.45, 7) is 2.17. The molecule has 28 heavy (non-hydrogen) atoms. The van der Waals surface area contributed by atoms with Crippen molar-refractivity contribution in [2.24, 2.45) is 5.92 Å². The zero-order valence-corrected chi connectivity index (χ0v) is 16.6. The molecule has 0 saturated heterocycles. The lowest BCUT2D eigenvalue weighted by Crippen LogP contribution is -2.20. The van der Waals surface area contributed by atoms with Crippen molar-refractivity contribution in [3.63, 3.8) is 0 Å². The molecule has 6 nitrogen and oxygen atoms in total. The van der Waals surface area contributed by atoms with Gasteiger partial charge in [-0.05, 0) is 42.9 Å². The van der Waals surface area contributed by atoms with Crippen molar-refractivity contribution in [2.45, 2.75) is 45.4 Å². The lowest BCUT2D eigenvalue weighted by molar-refractivity contribution is -0.138. The fourth-order valence-corrected chi connectivity index (χ4v) is 4.83. The highest BCUT2D eigenvalue weighted by molar-refractivity contribution is 7.17. The first-order valence-corrected chi connectivity index (χ1v) is 10.3. The second kappa shape index (κ2) is 9.01. The van der Waals surface area contributed by atoms with E-state index in [0.717, 1.165) is 36.1 Å². The summed E-state index contributed by atoms with van der Waals surface area (Å²) in [4.78, 5) is 37.1. The highest BCUT2D eigenvalue weighted by atomic mass is 32.1. The van der Waals surface area contributed by atoms with Crippen molar-refractivity contribution in [1.29, 1.82) is 0 Å². The Kier molecular flexibility index (Phi) is 6.46. The maximum atomic E-state index is 13.0. The number of nitrogens with one attached hydrogen (secondary N) is 2. The predicted octanol–water partition coefficient (Wildman–Crippen LogP) is 4.32. The normalized spacial score (nSPS) is 15.5. The average molecular weight is 401 g/mol. The van der Waals surface area contributed by atoms with E-state index in [1.54, 1.807) is 0 Å². The SMILES string of the molecule is CCC1CCc2c(sc(NC(=O)CCC(=O)O)c2C(=O)Nc2ccccc2)C1. The molecule has 1 unspecified atom stereocenters. The van der Waals surface area contributed by atoms with Gasteiger partial charge in [-0.2, -0.15) is 0 Å². The largest absolute Gasteiger partial charge is 0.481 e. The topological polar surface area (TPSA) is 95.5 Å². The van der Waals surface area contributed by atoms with Crippen molar-refractivity contribution in [1.82, 2.24) is 0 Å². The monoisotopic (exact) mass is 400 g/mol. The summed E-state index contributed by atoms with van der Waals surface area (Å²) in [7, 11) is 0. The smallest absolute Gasteiger partial charge is 0.303 e. The van der Waals surface area contributed by atoms with E-state index < -0.39 is 5.97 Å². The van der Waals surface area contributed by atoms with Crippen LogP contribution in [0.15, 0.2) is 30.3 Å². The summed E-state index contributed by atoms with van der Waals surface area (Å²) in [6, 6.07) is 9.20. The fraction of sp³-hybridized carbons (Fsp3) is 0.381. The lowest BCUT2D eigenvalue weighted by atomic mass is 9.85. The van der Waals surface area contributed by atoms with Crippen molar-refractivity contribution >= 4 is 39.8 Å². The molecule has 1 atom stereocenters. The fourth-order valence-electron chi connectivity index (χ4n) is 3.46. The molecule has 0 radical (unpaired) electrons. The van der Waals surface area contributed by atoms with Crippen LogP contribution in [0.2, 0.25) is 0 Å². The van der Waals surface area contributed by atoms with Gasteiger partial charge in [0.1, 0.15) is 5.00 Å². The zero-order chi connectivity index (χ0) is 20.1. The number of para-hydroxylation sites is 1. The standard InChI is InChI=1S/C21H24N2O4S/c1-2-13-8-9-15-16(12-13)28-21(23-17(24)10-11-18(25)26)19(15)20(27)22-14-6-4-3-5-7-14/h3-7,13H,2,8-12H2,1H3,(H,22,27)(H,23,24)(H,25,26). The number of hydrogen-bond donors (Lipinski definition) is 3. The first-order valence-electron chi connectivity index (χ1n) is 9.50. The van der Waals surface area contributed by atoms with Crippen molar-refractivity contribution in [3.8, 4) is 0 Å². The van der Waals surface area contributed by atoms with E-state index in [2.05, 4.69) is 17.6 Å². The molecule has 0 bridgehead atoms. The van der Waals surface area contributed by atoms with Crippen LogP contribution < -0.4 is 10.6 Å². The molecule has 2 amide bonds. The Morgan fingerprint density at radius 1 is 1.14 bits per heavy atom. The number of fused-ring (bicyclic) bond motifs is 1. The number of hydrogen-bond acceptors (Lipinski definition) is 4. The van der Waals surface area contributed by atoms with E-state index in [1.807, 2.05) is 30.3 Å². The molecular formula is C21H24N2O4S. The Morgan fingerprint density at radius 3 is 2.57 bits per heavy atom. The Bertz CT molecular complexity index is 876. The summed E-state index contributed by atoms with van der Waals surface area (Å²) < 4.78 is 0. The molecule has 2 aromatic rings. The van der Waals surface area contributed by atoms with E-state index in [0.29, 0.717) is 22.2 Å². The Hall–Kier alpha value is -2.67. The van der Waals surface area contributed by atoms with Gasteiger partial charge in [-0.25, -0.2) is 0 Å². The quantitative estimate of drug-likeness (QED) is 0.645. The highest BCUT2D eigenvalue weighted by Gasteiger charge is 2.29. The van der Waals surface area contributed by atoms with E-state index in [4.69, 9.17) is 5.11 Å². The van der Waals surface area contributed by atoms with Crippen molar-refractivity contribution in [2.75, 3.05) is 10.6 Å². The van der Waals surface area contributed by atoms with Gasteiger partial charge in [0.15, 0.2) is 0 Å². The molecule has 1 heterocycles. The third-order valence-electron chi connectivity index (χ3n) is 5.02. The van der Waals surface area contributed by atoms with Gasteiger partial charge in [0.25, 0.3) is 5.91 Å². The molecule has 7 heteroatoms. The Morgan fingerprint density at radius 2 is 1.89 bits per heavy atom. The van der Waals surface area contributed by atoms with Crippen LogP contribution in [-0.4, -0.2) is 22.9 Å². The van der Waals surface area contributed by atoms with Gasteiger partial charge in [-0.3, -0.25) is 14.4 Å². The number of carboxylic acids is 1. The molecule has 0 spiro atoms. The van der Waals surface area contributed by atoms with Crippen LogP contribution in [0.1, 0.15) is 53.4 Å². The van der Waals surface area contributed by atoms with E-state index >= 15 is 0 Å². The maximum absolute atomic E-state index is 13.0. The summed E-state index contributed by atoms with van der Waals surface area (Å²) in [5.74, 6) is -1.06. The van der Waals surface area contributed by atoms with Gasteiger partial charge >= 0.3 is 5.97 Å². The van der Waals surface area contributed by atoms with Crippen LogP contribution in [0.3, 0.4) is 0 Å². The summed E-state index contributed by atoms with van der Waals surface area (Å²) in [5.41, 5.74) is 2.22. The van der Waals surface area contributed by atoms with Gasteiger partial charge < -0.3 is 15.7 Å². The lowest BCUT2D eigenvalue weighted by Gasteiger charge is -2.21. The number of aliphatic carboxylic acids is 1. The molecule has 0 saturated carbocycles. The predicted molar refractivity (Wildman–Crippen MR) is 110 cm³/mol. The number of carbonyl (C=O) groups excluding carboxylic acids is 2. The minimum atomic E-state index is -1.02. The van der Waals surface area contributed by atoms with E-state index in [1.165, 1.54) is 11.3 Å². The van der Waals surface area contributed by atoms with E-state index in [-0.39, 0.29) is 24.7 Å². The van der Waals surface area contributed by atoms with Gasteiger partial charge in [0, 0.05) is 17.0 Å². The summed E-state index contributed by atoms with van der Waals surface area (Å²) in [6.07, 6.45) is 3.48. The van der Waals surface area contributed by atoms with Crippen LogP contribution in [0, 0.1) is 5.92 Å². The first kappa shape index (κ1) is 20.1. The van der Waals surface area contributed by atoms with Gasteiger partial charge in [-0.1, -0.05) is 31.5 Å². The first-order chi connectivity index (χ1) is 13.5.